The number of nitrogens with zero attached hydrogens (tertiary/aromatic N) is 1. The number of carbonyl (C=O) groups excluding carboxylic acids is 2. The van der Waals surface area contributed by atoms with Crippen LogP contribution in [0.25, 0.3) is 0 Å². The first-order valence-corrected chi connectivity index (χ1v) is 8.43. The van der Waals surface area contributed by atoms with Gasteiger partial charge in [-0.2, -0.15) is 0 Å². The van der Waals surface area contributed by atoms with Crippen molar-refractivity contribution in [1.82, 2.24) is 10.6 Å². The largest absolute Gasteiger partial charge is 0.354 e. The Morgan fingerprint density at radius 1 is 1.35 bits per heavy atom. The van der Waals surface area contributed by atoms with Crippen molar-refractivity contribution in [2.24, 2.45) is 5.92 Å². The van der Waals surface area contributed by atoms with Gasteiger partial charge in [-0.05, 0) is 31.7 Å². The maximum atomic E-state index is 12.2. The molecule has 2 rings (SSSR count). The van der Waals surface area contributed by atoms with Gasteiger partial charge in [-0.25, -0.2) is 0 Å². The van der Waals surface area contributed by atoms with Crippen LogP contribution in [-0.4, -0.2) is 37.5 Å². The first-order valence-electron chi connectivity index (χ1n) is 7.68. The molecule has 7 heteroatoms. The van der Waals surface area contributed by atoms with Crippen LogP contribution in [0.5, 0.6) is 0 Å². The van der Waals surface area contributed by atoms with Crippen LogP contribution >= 0.6 is 23.2 Å². The molecule has 1 aromatic carbocycles. The van der Waals surface area contributed by atoms with Gasteiger partial charge in [-0.3, -0.25) is 9.59 Å². The Bertz CT molecular complexity index is 574. The summed E-state index contributed by atoms with van der Waals surface area (Å²) in [4.78, 5) is 26.0. The summed E-state index contributed by atoms with van der Waals surface area (Å²) in [7, 11) is 0. The highest BCUT2D eigenvalue weighted by molar-refractivity contribution is 6.35. The summed E-state index contributed by atoms with van der Waals surface area (Å²) in [5.41, 5.74) is 0.629. The predicted octanol–water partition coefficient (Wildman–Crippen LogP) is 2.46. The van der Waals surface area contributed by atoms with E-state index in [2.05, 4.69) is 10.6 Å². The third kappa shape index (κ3) is 4.83. The van der Waals surface area contributed by atoms with Gasteiger partial charge in [-0.15, -0.1) is 0 Å². The number of halogens is 2. The Kier molecular flexibility index (Phi) is 6.27. The molecule has 1 unspecified atom stereocenters. The van der Waals surface area contributed by atoms with Crippen molar-refractivity contribution in [3.63, 3.8) is 0 Å². The van der Waals surface area contributed by atoms with Gasteiger partial charge in [-0.1, -0.05) is 30.1 Å². The molecule has 2 N–H and O–H groups in total. The first-order chi connectivity index (χ1) is 10.9. The van der Waals surface area contributed by atoms with Crippen molar-refractivity contribution in [2.75, 3.05) is 24.5 Å². The summed E-state index contributed by atoms with van der Waals surface area (Å²) >= 11 is 12.0. The van der Waals surface area contributed by atoms with E-state index in [-0.39, 0.29) is 30.2 Å². The average molecular weight is 358 g/mol. The van der Waals surface area contributed by atoms with E-state index in [4.69, 9.17) is 23.2 Å². The van der Waals surface area contributed by atoms with E-state index >= 15 is 0 Å². The van der Waals surface area contributed by atoms with Crippen molar-refractivity contribution in [3.8, 4) is 0 Å². The second-order valence-electron chi connectivity index (χ2n) is 5.74. The lowest BCUT2D eigenvalue weighted by Crippen LogP contribution is -2.41. The van der Waals surface area contributed by atoms with Gasteiger partial charge in [0, 0.05) is 41.3 Å². The SMILES string of the molecule is CCN[C@H](C)CNC(=O)C1CC(=O)N(c2cc(Cl)cc(Cl)c2)C1. The van der Waals surface area contributed by atoms with E-state index in [1.807, 2.05) is 13.8 Å². The second-order valence-corrected chi connectivity index (χ2v) is 6.61. The Hall–Kier alpha value is -1.30. The number of likely N-dealkylation sites (N-methyl/N-ethyl adjacent to an activating group) is 1. The number of rotatable bonds is 6. The number of hydrogen-bond acceptors (Lipinski definition) is 3. The minimum absolute atomic E-state index is 0.0942. The zero-order valence-electron chi connectivity index (χ0n) is 13.2. The predicted molar refractivity (Wildman–Crippen MR) is 93.1 cm³/mol. The molecule has 0 radical (unpaired) electrons. The monoisotopic (exact) mass is 357 g/mol. The standard InChI is InChI=1S/C16H21Cl2N3O2/c1-3-19-10(2)8-20-16(23)11-4-15(22)21(9-11)14-6-12(17)5-13(18)7-14/h5-7,10-11,19H,3-4,8-9H2,1-2H3,(H,20,23)/t10-,11?/m1/s1. The molecule has 1 aliphatic rings. The summed E-state index contributed by atoms with van der Waals surface area (Å²) in [6.07, 6.45) is 0.200. The fourth-order valence-corrected chi connectivity index (χ4v) is 3.16. The maximum absolute atomic E-state index is 12.2. The Balaban J connectivity index is 1.97. The normalized spacial score (nSPS) is 19.0. The number of carbonyl (C=O) groups is 2. The molecule has 0 saturated carbocycles. The maximum Gasteiger partial charge on any atom is 0.227 e. The van der Waals surface area contributed by atoms with E-state index in [0.29, 0.717) is 28.8 Å². The van der Waals surface area contributed by atoms with Gasteiger partial charge in [0.05, 0.1) is 5.92 Å². The summed E-state index contributed by atoms with van der Waals surface area (Å²) in [6, 6.07) is 5.17. The van der Waals surface area contributed by atoms with Crippen LogP contribution in [0.4, 0.5) is 5.69 Å². The smallest absolute Gasteiger partial charge is 0.227 e. The lowest BCUT2D eigenvalue weighted by molar-refractivity contribution is -0.126. The average Bonchev–Trinajstić information content (AvgIpc) is 2.86. The number of nitrogens with one attached hydrogen (secondary N) is 2. The van der Waals surface area contributed by atoms with E-state index in [1.165, 1.54) is 0 Å². The molecule has 0 aromatic heterocycles. The zero-order chi connectivity index (χ0) is 17.0. The molecule has 1 saturated heterocycles. The van der Waals surface area contributed by atoms with Crippen LogP contribution in [0, 0.1) is 5.92 Å². The molecule has 5 nitrogen and oxygen atoms in total. The molecule has 1 aromatic rings. The van der Waals surface area contributed by atoms with Crippen molar-refractivity contribution < 1.29 is 9.59 Å². The van der Waals surface area contributed by atoms with Crippen LogP contribution < -0.4 is 15.5 Å². The second kappa shape index (κ2) is 7.99. The lowest BCUT2D eigenvalue weighted by Gasteiger charge is -2.18. The van der Waals surface area contributed by atoms with Gasteiger partial charge < -0.3 is 15.5 Å². The molecule has 1 heterocycles. The van der Waals surface area contributed by atoms with Crippen LogP contribution in [0.1, 0.15) is 20.3 Å². The summed E-state index contributed by atoms with van der Waals surface area (Å²) in [6.45, 7) is 5.76. The molecule has 0 aliphatic carbocycles. The quantitative estimate of drug-likeness (QED) is 0.821. The van der Waals surface area contributed by atoms with Crippen LogP contribution in [0.3, 0.4) is 0 Å². The highest BCUT2D eigenvalue weighted by atomic mass is 35.5. The zero-order valence-corrected chi connectivity index (χ0v) is 14.7. The van der Waals surface area contributed by atoms with Crippen molar-refractivity contribution >= 4 is 40.7 Å². The highest BCUT2D eigenvalue weighted by Crippen LogP contribution is 2.30. The van der Waals surface area contributed by atoms with E-state index < -0.39 is 0 Å². The van der Waals surface area contributed by atoms with Gasteiger partial charge in [0.2, 0.25) is 11.8 Å². The van der Waals surface area contributed by atoms with Crippen molar-refractivity contribution in [1.29, 1.82) is 0 Å². The van der Waals surface area contributed by atoms with Gasteiger partial charge in [0.1, 0.15) is 0 Å². The molecular weight excluding hydrogens is 337 g/mol. The van der Waals surface area contributed by atoms with E-state index in [0.717, 1.165) is 6.54 Å². The number of benzene rings is 1. The molecule has 1 aliphatic heterocycles. The molecular formula is C16H21Cl2N3O2. The van der Waals surface area contributed by atoms with Crippen molar-refractivity contribution in [3.05, 3.63) is 28.2 Å². The summed E-state index contributed by atoms with van der Waals surface area (Å²) in [5, 5.41) is 7.05. The fourth-order valence-electron chi connectivity index (χ4n) is 2.65. The van der Waals surface area contributed by atoms with Gasteiger partial charge >= 0.3 is 0 Å². The van der Waals surface area contributed by atoms with Gasteiger partial charge in [0.15, 0.2) is 0 Å². The molecule has 1 fully saturated rings. The third-order valence-electron chi connectivity index (χ3n) is 3.79. The Labute approximate surface area is 146 Å². The lowest BCUT2D eigenvalue weighted by atomic mass is 10.1. The van der Waals surface area contributed by atoms with E-state index in [1.54, 1.807) is 23.1 Å². The molecule has 0 bridgehead atoms. The Morgan fingerprint density at radius 3 is 2.61 bits per heavy atom. The molecule has 0 spiro atoms. The Morgan fingerprint density at radius 2 is 2.00 bits per heavy atom. The minimum atomic E-state index is -0.353. The summed E-state index contributed by atoms with van der Waals surface area (Å²) < 4.78 is 0. The number of amides is 2. The van der Waals surface area contributed by atoms with Crippen LogP contribution in [0.15, 0.2) is 18.2 Å². The van der Waals surface area contributed by atoms with Gasteiger partial charge in [0.25, 0.3) is 0 Å². The summed E-state index contributed by atoms with van der Waals surface area (Å²) in [5.74, 6) is -0.545. The fraction of sp³-hybridized carbons (Fsp3) is 0.500. The third-order valence-corrected chi connectivity index (χ3v) is 4.23. The first kappa shape index (κ1) is 18.0. The minimum Gasteiger partial charge on any atom is -0.354 e. The molecule has 2 atom stereocenters. The molecule has 23 heavy (non-hydrogen) atoms. The number of hydrogen-bond donors (Lipinski definition) is 2. The topological polar surface area (TPSA) is 61.4 Å². The molecule has 126 valence electrons. The van der Waals surface area contributed by atoms with Crippen LogP contribution in [0.2, 0.25) is 10.0 Å². The van der Waals surface area contributed by atoms with Crippen molar-refractivity contribution in [2.45, 2.75) is 26.3 Å². The number of anilines is 1. The van der Waals surface area contributed by atoms with E-state index in [9.17, 15) is 9.59 Å². The molecule has 2 amide bonds. The van der Waals surface area contributed by atoms with Crippen LogP contribution in [-0.2, 0) is 9.59 Å². The highest BCUT2D eigenvalue weighted by Gasteiger charge is 2.35.